The summed E-state index contributed by atoms with van der Waals surface area (Å²) in [6.45, 7) is 8.37. The molecule has 0 aliphatic heterocycles. The summed E-state index contributed by atoms with van der Waals surface area (Å²) in [7, 11) is 3.67. The van der Waals surface area contributed by atoms with Gasteiger partial charge < -0.3 is 14.8 Å². The lowest BCUT2D eigenvalue weighted by atomic mass is 9.86. The second-order valence-corrected chi connectivity index (χ2v) is 5.77. The molecule has 0 radical (unpaired) electrons. The number of rotatable bonds is 7. The van der Waals surface area contributed by atoms with E-state index in [1.165, 1.54) is 5.56 Å². The maximum absolute atomic E-state index is 5.93. The van der Waals surface area contributed by atoms with E-state index < -0.39 is 0 Å². The summed E-state index contributed by atoms with van der Waals surface area (Å²) in [5.74, 6) is 1.85. The minimum atomic E-state index is 0.0504. The van der Waals surface area contributed by atoms with Gasteiger partial charge in [0.1, 0.15) is 11.5 Å². The molecule has 0 atom stereocenters. The van der Waals surface area contributed by atoms with Gasteiger partial charge in [0, 0.05) is 5.56 Å². The molecule has 0 saturated carbocycles. The zero-order valence-corrected chi connectivity index (χ0v) is 12.9. The van der Waals surface area contributed by atoms with Gasteiger partial charge in [0.25, 0.3) is 0 Å². The third-order valence-electron chi connectivity index (χ3n) is 3.07. The summed E-state index contributed by atoms with van der Waals surface area (Å²) in [6, 6.07) is 6.04. The highest BCUT2D eigenvalue weighted by atomic mass is 16.5. The third kappa shape index (κ3) is 5.11. The van der Waals surface area contributed by atoms with Gasteiger partial charge in [-0.15, -0.1) is 0 Å². The van der Waals surface area contributed by atoms with Gasteiger partial charge in [-0.05, 0) is 50.0 Å². The van der Waals surface area contributed by atoms with Crippen LogP contribution >= 0.6 is 0 Å². The van der Waals surface area contributed by atoms with E-state index in [9.17, 15) is 0 Å². The van der Waals surface area contributed by atoms with Crippen molar-refractivity contribution in [3.63, 3.8) is 0 Å². The van der Waals surface area contributed by atoms with Gasteiger partial charge in [-0.2, -0.15) is 0 Å². The molecular formula is C16H27NO2. The molecule has 0 heterocycles. The number of hydrogen-bond donors (Lipinski definition) is 1. The average Bonchev–Trinajstić information content (AvgIpc) is 2.37. The van der Waals surface area contributed by atoms with Crippen LogP contribution in [0.25, 0.3) is 0 Å². The second kappa shape index (κ2) is 7.39. The van der Waals surface area contributed by atoms with Crippen LogP contribution in [0.3, 0.4) is 0 Å². The molecule has 19 heavy (non-hydrogen) atoms. The minimum Gasteiger partial charge on any atom is -0.497 e. The molecule has 108 valence electrons. The van der Waals surface area contributed by atoms with Gasteiger partial charge in [-0.25, -0.2) is 0 Å². The van der Waals surface area contributed by atoms with Crippen molar-refractivity contribution in [1.82, 2.24) is 5.32 Å². The predicted molar refractivity (Wildman–Crippen MR) is 80.3 cm³/mol. The Kier molecular flexibility index (Phi) is 6.16. The van der Waals surface area contributed by atoms with Crippen molar-refractivity contribution < 1.29 is 9.47 Å². The number of hydrogen-bond acceptors (Lipinski definition) is 3. The van der Waals surface area contributed by atoms with Crippen molar-refractivity contribution in [1.29, 1.82) is 0 Å². The topological polar surface area (TPSA) is 30.5 Å². The van der Waals surface area contributed by atoms with E-state index in [0.29, 0.717) is 0 Å². The lowest BCUT2D eigenvalue weighted by Crippen LogP contribution is -2.14. The van der Waals surface area contributed by atoms with E-state index in [1.54, 1.807) is 7.11 Å². The lowest BCUT2D eigenvalue weighted by molar-refractivity contribution is 0.297. The highest BCUT2D eigenvalue weighted by molar-refractivity contribution is 5.44. The SMILES string of the molecule is CNCCCCOc1ccc(OC)cc1C(C)(C)C. The van der Waals surface area contributed by atoms with E-state index in [1.807, 2.05) is 19.2 Å². The molecule has 1 aromatic rings. The van der Waals surface area contributed by atoms with Crippen molar-refractivity contribution in [2.24, 2.45) is 0 Å². The molecule has 1 rings (SSSR count). The largest absolute Gasteiger partial charge is 0.497 e. The Balaban J connectivity index is 2.71. The molecule has 0 fully saturated rings. The highest BCUT2D eigenvalue weighted by Crippen LogP contribution is 2.34. The monoisotopic (exact) mass is 265 g/mol. The average molecular weight is 265 g/mol. The van der Waals surface area contributed by atoms with Crippen molar-refractivity contribution >= 4 is 0 Å². The standard InChI is InChI=1S/C16H27NO2/c1-16(2,3)14-12-13(18-5)8-9-15(14)19-11-7-6-10-17-4/h8-9,12,17H,6-7,10-11H2,1-5H3. The first-order valence-corrected chi connectivity index (χ1v) is 6.95. The summed E-state index contributed by atoms with van der Waals surface area (Å²) in [4.78, 5) is 0. The fourth-order valence-electron chi connectivity index (χ4n) is 1.93. The van der Waals surface area contributed by atoms with Crippen LogP contribution in [0.2, 0.25) is 0 Å². The molecule has 0 aliphatic carbocycles. The number of benzene rings is 1. The van der Waals surface area contributed by atoms with Crippen LogP contribution in [0.5, 0.6) is 11.5 Å². The Morgan fingerprint density at radius 1 is 1.16 bits per heavy atom. The van der Waals surface area contributed by atoms with Gasteiger partial charge >= 0.3 is 0 Å². The first-order chi connectivity index (χ1) is 8.99. The molecule has 0 bridgehead atoms. The minimum absolute atomic E-state index is 0.0504. The Morgan fingerprint density at radius 2 is 1.89 bits per heavy atom. The van der Waals surface area contributed by atoms with Crippen molar-refractivity contribution in [2.75, 3.05) is 27.3 Å². The molecule has 0 spiro atoms. The lowest BCUT2D eigenvalue weighted by Gasteiger charge is -2.23. The molecule has 0 saturated heterocycles. The van der Waals surface area contributed by atoms with Gasteiger partial charge in [0.2, 0.25) is 0 Å². The molecule has 0 unspecified atom stereocenters. The van der Waals surface area contributed by atoms with Gasteiger partial charge in [-0.3, -0.25) is 0 Å². The number of nitrogens with one attached hydrogen (secondary N) is 1. The summed E-state index contributed by atoms with van der Waals surface area (Å²) in [6.07, 6.45) is 2.20. The van der Waals surface area contributed by atoms with Crippen LogP contribution in [0.4, 0.5) is 0 Å². The normalized spacial score (nSPS) is 11.4. The molecule has 0 aromatic heterocycles. The summed E-state index contributed by atoms with van der Waals surface area (Å²) in [5, 5.41) is 3.14. The first-order valence-electron chi connectivity index (χ1n) is 6.95. The van der Waals surface area contributed by atoms with Gasteiger partial charge in [0.15, 0.2) is 0 Å². The van der Waals surface area contributed by atoms with E-state index in [-0.39, 0.29) is 5.41 Å². The zero-order valence-electron chi connectivity index (χ0n) is 12.9. The van der Waals surface area contributed by atoms with Gasteiger partial charge in [0.05, 0.1) is 13.7 Å². The van der Waals surface area contributed by atoms with Crippen LogP contribution in [-0.2, 0) is 5.41 Å². The number of unbranched alkanes of at least 4 members (excludes halogenated alkanes) is 1. The summed E-state index contributed by atoms with van der Waals surface area (Å²) in [5.41, 5.74) is 1.25. The summed E-state index contributed by atoms with van der Waals surface area (Å²) >= 11 is 0. The fraction of sp³-hybridized carbons (Fsp3) is 0.625. The summed E-state index contributed by atoms with van der Waals surface area (Å²) < 4.78 is 11.2. The fourth-order valence-corrected chi connectivity index (χ4v) is 1.93. The first kappa shape index (κ1) is 15.8. The molecule has 3 heteroatoms. The molecular weight excluding hydrogens is 238 g/mol. The third-order valence-corrected chi connectivity index (χ3v) is 3.07. The maximum atomic E-state index is 5.93. The predicted octanol–water partition coefficient (Wildman–Crippen LogP) is 3.37. The van der Waals surface area contributed by atoms with E-state index in [2.05, 4.69) is 32.2 Å². The highest BCUT2D eigenvalue weighted by Gasteiger charge is 2.19. The van der Waals surface area contributed by atoms with Crippen LogP contribution in [0, 0.1) is 0 Å². The van der Waals surface area contributed by atoms with E-state index in [0.717, 1.165) is 37.5 Å². The number of methoxy groups -OCH3 is 1. The smallest absolute Gasteiger partial charge is 0.123 e. The second-order valence-electron chi connectivity index (χ2n) is 5.77. The molecule has 0 aliphatic rings. The Bertz CT molecular complexity index is 383. The Labute approximate surface area is 117 Å². The van der Waals surface area contributed by atoms with Crippen molar-refractivity contribution in [2.45, 2.75) is 39.0 Å². The molecule has 0 amide bonds. The van der Waals surface area contributed by atoms with E-state index >= 15 is 0 Å². The van der Waals surface area contributed by atoms with E-state index in [4.69, 9.17) is 9.47 Å². The Hall–Kier alpha value is -1.22. The van der Waals surface area contributed by atoms with Crippen LogP contribution in [-0.4, -0.2) is 27.3 Å². The van der Waals surface area contributed by atoms with Gasteiger partial charge in [-0.1, -0.05) is 20.8 Å². The van der Waals surface area contributed by atoms with Crippen LogP contribution in [0.15, 0.2) is 18.2 Å². The zero-order chi connectivity index (χ0) is 14.3. The molecule has 1 aromatic carbocycles. The van der Waals surface area contributed by atoms with Crippen molar-refractivity contribution in [3.8, 4) is 11.5 Å². The Morgan fingerprint density at radius 3 is 2.47 bits per heavy atom. The molecule has 3 nitrogen and oxygen atoms in total. The van der Waals surface area contributed by atoms with Crippen LogP contribution in [0.1, 0.15) is 39.2 Å². The quantitative estimate of drug-likeness (QED) is 0.767. The maximum Gasteiger partial charge on any atom is 0.123 e. The molecule has 1 N–H and O–H groups in total. The van der Waals surface area contributed by atoms with Crippen LogP contribution < -0.4 is 14.8 Å². The number of ether oxygens (including phenoxy) is 2. The van der Waals surface area contributed by atoms with Crippen molar-refractivity contribution in [3.05, 3.63) is 23.8 Å².